The number of hydrogen-bond acceptors (Lipinski definition) is 20. The van der Waals surface area contributed by atoms with E-state index in [1.54, 1.807) is 66.7 Å². The van der Waals surface area contributed by atoms with Crippen molar-refractivity contribution < 1.29 is 86.6 Å². The molecule has 402 valence electrons. The smallest absolute Gasteiger partial charge is 0.455 e. The maximum absolute atomic E-state index is 15.7. The van der Waals surface area contributed by atoms with Gasteiger partial charge in [0.2, 0.25) is 11.9 Å². The number of Topliss-reactive ketones (excluding diaryl/α,β-unsaturated/α-hetero) is 1. The number of carbonyl (C=O) groups is 8. The molecular formula is C55H58N2O18S. The summed E-state index contributed by atoms with van der Waals surface area (Å²) in [5.74, 6) is -10.9. The van der Waals surface area contributed by atoms with Gasteiger partial charge < -0.3 is 53.5 Å². The fourth-order valence-electron chi connectivity index (χ4n) is 10.4. The number of rotatable bonds is 16. The molecule has 76 heavy (non-hydrogen) atoms. The molecule has 2 aliphatic carbocycles. The second kappa shape index (κ2) is 22.4. The Bertz CT molecular complexity index is 2900. The number of aliphatic hydroxyl groups excluding tert-OH is 1. The Balaban J connectivity index is 1.40. The van der Waals surface area contributed by atoms with E-state index in [-0.39, 0.29) is 39.1 Å². The fraction of sp³-hybridized carbons (Fsp3) is 0.382. The van der Waals surface area contributed by atoms with Crippen LogP contribution < -0.4 is 14.9 Å². The third kappa shape index (κ3) is 11.0. The second-order valence-electron chi connectivity index (χ2n) is 19.5. The number of carbonyl (C=O) groups excluding carboxylic acids is 8. The van der Waals surface area contributed by atoms with E-state index >= 15 is 9.59 Å². The number of thiol groups is 1. The van der Waals surface area contributed by atoms with Crippen molar-refractivity contribution in [2.45, 2.75) is 116 Å². The number of hydrogen-bond donors (Lipinski definition) is 5. The summed E-state index contributed by atoms with van der Waals surface area (Å²) in [6, 6.07) is 26.9. The minimum Gasteiger partial charge on any atom is -0.455 e. The highest BCUT2D eigenvalue weighted by Crippen LogP contribution is 2.63. The summed E-state index contributed by atoms with van der Waals surface area (Å²) >= 11 is 3.65. The van der Waals surface area contributed by atoms with Gasteiger partial charge in [-0.1, -0.05) is 98.3 Å². The fourth-order valence-corrected chi connectivity index (χ4v) is 10.5. The van der Waals surface area contributed by atoms with Crippen LogP contribution in [0.2, 0.25) is 0 Å². The highest BCUT2D eigenvalue weighted by atomic mass is 32.1. The van der Waals surface area contributed by atoms with Gasteiger partial charge in [-0.05, 0) is 92.9 Å². The van der Waals surface area contributed by atoms with Gasteiger partial charge in [0.15, 0.2) is 11.9 Å². The van der Waals surface area contributed by atoms with Gasteiger partial charge in [0, 0.05) is 31.2 Å². The summed E-state index contributed by atoms with van der Waals surface area (Å²) in [5, 5.41) is 28.7. The van der Waals surface area contributed by atoms with Crippen molar-refractivity contribution in [1.82, 2.24) is 10.2 Å². The molecule has 0 unspecified atom stereocenters. The maximum Gasteiger partial charge on any atom is 0.514 e. The van der Waals surface area contributed by atoms with E-state index in [0.29, 0.717) is 0 Å². The molecule has 1 heterocycles. The molecule has 4 aromatic rings. The predicted octanol–water partition coefficient (Wildman–Crippen LogP) is 6.06. The minimum atomic E-state index is -2.58. The summed E-state index contributed by atoms with van der Waals surface area (Å²) < 4.78 is 41.9. The Hall–Kier alpha value is -7.43. The molecule has 4 aromatic carbocycles. The Labute approximate surface area is 442 Å². The van der Waals surface area contributed by atoms with Crippen molar-refractivity contribution in [2.75, 3.05) is 0 Å². The maximum atomic E-state index is 15.7. The Morgan fingerprint density at radius 3 is 1.84 bits per heavy atom. The first-order valence-corrected chi connectivity index (χ1v) is 24.5. The Morgan fingerprint density at radius 1 is 0.763 bits per heavy atom. The average molecular weight is 1070 g/mol. The van der Waals surface area contributed by atoms with Crippen LogP contribution in [-0.4, -0.2) is 106 Å². The normalized spacial score (nSPS) is 26.6. The van der Waals surface area contributed by atoms with Crippen LogP contribution >= 0.6 is 12.8 Å². The van der Waals surface area contributed by atoms with Crippen LogP contribution in [0, 0.1) is 16.7 Å². The van der Waals surface area contributed by atoms with E-state index in [9.17, 15) is 39.0 Å². The topological polar surface area (TPSA) is 278 Å². The molecule has 21 heteroatoms. The number of nitrogens with one attached hydrogen (secondary N) is 2. The van der Waals surface area contributed by atoms with Crippen LogP contribution in [0.1, 0.15) is 104 Å². The van der Waals surface area contributed by atoms with Crippen LogP contribution in [0.15, 0.2) is 126 Å². The monoisotopic (exact) mass is 1070 g/mol. The number of aliphatic hydroxyl groups is 2. The third-order valence-electron chi connectivity index (χ3n) is 14.5. The highest BCUT2D eigenvalue weighted by molar-refractivity contribution is 7.77. The van der Waals surface area contributed by atoms with Crippen LogP contribution in [0.25, 0.3) is 0 Å². The summed E-state index contributed by atoms with van der Waals surface area (Å²) in [6.07, 6.45) is -12.8. The van der Waals surface area contributed by atoms with Crippen LogP contribution in [0.5, 0.6) is 5.75 Å². The molecule has 2 bridgehead atoms. The molecule has 2 fully saturated rings. The van der Waals surface area contributed by atoms with Crippen molar-refractivity contribution in [2.24, 2.45) is 16.7 Å². The van der Waals surface area contributed by atoms with Gasteiger partial charge in [-0.2, -0.15) is 0 Å². The van der Waals surface area contributed by atoms with E-state index < -0.39 is 125 Å². The zero-order valence-electron chi connectivity index (χ0n) is 42.7. The Morgan fingerprint density at radius 2 is 1.32 bits per heavy atom. The standard InChI is InChI=1S/C55H58N2O18S/c1-29-39(70-50(65)43(71-51(66)69-38-26-24-37(25-27-38)49(64)75-57-76)41(34-18-12-9-13-19-34)56-47(62)35-20-14-10-15-21-35)28-54(67)46(72-48(63)36-22-16-11-17-23-36)44(55(31(3)73-55)74-33(5)60)53(8,30(2)58)45(61)42(68-32(4)59)40(29)52(54,6)7/h9-27,30-31,39,41-44,46,57-58,67,76H,28H2,1-8H3,(H,56,62)/t30-,31+,39-,41-,42+,43+,44-,46-,53+,54+,55-/m0/s1. The van der Waals surface area contributed by atoms with Crippen molar-refractivity contribution in [3.63, 3.8) is 0 Å². The summed E-state index contributed by atoms with van der Waals surface area (Å²) in [7, 11) is 0. The lowest BCUT2D eigenvalue weighted by Gasteiger charge is -2.60. The molecule has 11 atom stereocenters. The highest BCUT2D eigenvalue weighted by Gasteiger charge is 2.78. The number of esters is 4. The lowest BCUT2D eigenvalue weighted by molar-refractivity contribution is -0.247. The van der Waals surface area contributed by atoms with Gasteiger partial charge >= 0.3 is 36.0 Å². The number of ether oxygens (including phenoxy) is 7. The summed E-state index contributed by atoms with van der Waals surface area (Å²) in [6.45, 7) is 10.6. The van der Waals surface area contributed by atoms with E-state index in [0.717, 1.165) is 13.8 Å². The van der Waals surface area contributed by atoms with E-state index in [4.69, 9.17) is 33.2 Å². The van der Waals surface area contributed by atoms with Crippen molar-refractivity contribution in [3.8, 4) is 5.75 Å². The Kier molecular flexibility index (Phi) is 16.6. The van der Waals surface area contributed by atoms with Crippen molar-refractivity contribution in [3.05, 3.63) is 149 Å². The molecule has 1 saturated carbocycles. The molecule has 1 aliphatic heterocycles. The van der Waals surface area contributed by atoms with Crippen molar-refractivity contribution >= 4 is 60.5 Å². The molecule has 0 radical (unpaired) electrons. The number of fused-ring (bicyclic) bond motifs is 2. The van der Waals surface area contributed by atoms with Gasteiger partial charge in [0.1, 0.15) is 35.7 Å². The SMILES string of the molecule is CC(=O)O[C@H]1C(=O)[C@](C)([C@H](C)O)[C@@H]([C@]2(OC(C)=O)O[C@@H]2C)[C@H](OC(=O)c2ccccc2)[C@]2(O)C[C@H](OC(=O)[C@H](OC(=O)Oc3ccc(C(=O)ONS)cc3)[C@@H](NC(=O)c3ccccc3)c3ccccc3)C(C)=C1C2(C)C. The number of benzene rings is 4. The van der Waals surface area contributed by atoms with Crippen LogP contribution in [0.4, 0.5) is 4.79 Å². The summed E-state index contributed by atoms with van der Waals surface area (Å²) in [4.78, 5) is 119. The van der Waals surface area contributed by atoms with E-state index in [1.165, 1.54) is 90.1 Å². The molecule has 4 N–H and O–H groups in total. The average Bonchev–Trinajstić information content (AvgIpc) is 4.20. The van der Waals surface area contributed by atoms with Crippen LogP contribution in [0.3, 0.4) is 0 Å². The lowest BCUT2D eigenvalue weighted by Crippen LogP contribution is -2.72. The zero-order valence-corrected chi connectivity index (χ0v) is 43.6. The van der Waals surface area contributed by atoms with Gasteiger partial charge in [-0.3, -0.25) is 19.2 Å². The second-order valence-corrected chi connectivity index (χ2v) is 19.6. The first-order valence-electron chi connectivity index (χ1n) is 24.1. The van der Waals surface area contributed by atoms with Crippen LogP contribution in [-0.2, 0) is 52.4 Å². The molecule has 7 rings (SSSR count). The van der Waals surface area contributed by atoms with E-state index in [1.807, 2.05) is 4.89 Å². The molecule has 3 aliphatic rings. The predicted molar refractivity (Wildman–Crippen MR) is 268 cm³/mol. The minimum absolute atomic E-state index is 0.00903. The molecular weight excluding hydrogens is 1010 g/mol. The number of epoxide rings is 1. The molecule has 0 spiro atoms. The lowest BCUT2D eigenvalue weighted by atomic mass is 9.49. The van der Waals surface area contributed by atoms with Gasteiger partial charge in [0.25, 0.3) is 5.91 Å². The largest absolute Gasteiger partial charge is 0.514 e. The zero-order chi connectivity index (χ0) is 55.5. The van der Waals surface area contributed by atoms with E-state index in [2.05, 4.69) is 23.0 Å². The number of amides is 1. The number of ketones is 1. The van der Waals surface area contributed by atoms with Crippen molar-refractivity contribution in [1.29, 1.82) is 0 Å². The van der Waals surface area contributed by atoms with Gasteiger partial charge in [-0.25, -0.2) is 19.2 Å². The molecule has 1 amide bonds. The molecule has 0 aromatic heterocycles. The summed E-state index contributed by atoms with van der Waals surface area (Å²) in [5.41, 5.74) is -6.32. The van der Waals surface area contributed by atoms with Gasteiger partial charge in [0.05, 0.1) is 28.6 Å². The third-order valence-corrected chi connectivity index (χ3v) is 14.6. The molecule has 20 nitrogen and oxygen atoms in total. The molecule has 1 saturated heterocycles. The first kappa shape index (κ1) is 56.3. The first-order chi connectivity index (χ1) is 35.9. The van der Waals surface area contributed by atoms with Gasteiger partial charge in [-0.15, -0.1) is 0 Å². The quantitative estimate of drug-likeness (QED) is 0.0162.